The molecule has 1 aromatic rings. The molecule has 3 heteroatoms. The van der Waals surface area contributed by atoms with E-state index in [2.05, 4.69) is 0 Å². The summed E-state index contributed by atoms with van der Waals surface area (Å²) in [6, 6.07) is 7.45. The van der Waals surface area contributed by atoms with Crippen LogP contribution in [0.15, 0.2) is 24.3 Å². The van der Waals surface area contributed by atoms with Crippen molar-refractivity contribution in [2.75, 3.05) is 20.3 Å². The van der Waals surface area contributed by atoms with Gasteiger partial charge < -0.3 is 9.47 Å². The van der Waals surface area contributed by atoms with Crippen molar-refractivity contribution < 1.29 is 9.47 Å². The number of rotatable bonds is 5. The average Bonchev–Trinajstić information content (AvgIpc) is 2.15. The maximum absolute atomic E-state index is 5.88. The van der Waals surface area contributed by atoms with E-state index in [4.69, 9.17) is 21.1 Å². The fourth-order valence-corrected chi connectivity index (χ4v) is 1.14. The summed E-state index contributed by atoms with van der Waals surface area (Å²) in [6.07, 6.45) is 0.877. The van der Waals surface area contributed by atoms with Crippen molar-refractivity contribution in [2.24, 2.45) is 0 Å². The van der Waals surface area contributed by atoms with Gasteiger partial charge in [-0.1, -0.05) is 23.7 Å². The Hall–Kier alpha value is -0.730. The van der Waals surface area contributed by atoms with Crippen LogP contribution in [0.3, 0.4) is 0 Å². The highest BCUT2D eigenvalue weighted by atomic mass is 35.5. The fourth-order valence-electron chi connectivity index (χ4n) is 0.947. The second kappa shape index (κ2) is 5.84. The maximum Gasteiger partial charge on any atom is 0.137 e. The van der Waals surface area contributed by atoms with Gasteiger partial charge in [-0.05, 0) is 12.1 Å². The number of halogens is 1. The third-order valence-corrected chi connectivity index (χ3v) is 1.90. The van der Waals surface area contributed by atoms with Gasteiger partial charge in [-0.2, -0.15) is 0 Å². The summed E-state index contributed by atoms with van der Waals surface area (Å²) < 4.78 is 10.3. The van der Waals surface area contributed by atoms with E-state index in [1.165, 1.54) is 0 Å². The lowest BCUT2D eigenvalue weighted by atomic mass is 10.3. The quantitative estimate of drug-likeness (QED) is 0.681. The van der Waals surface area contributed by atoms with Crippen molar-refractivity contribution in [1.29, 1.82) is 0 Å². The molecule has 0 unspecified atom stereocenters. The zero-order valence-corrected chi connectivity index (χ0v) is 8.38. The molecule has 0 fully saturated rings. The van der Waals surface area contributed by atoms with Gasteiger partial charge in [0.2, 0.25) is 0 Å². The number of hydrogen-bond acceptors (Lipinski definition) is 2. The lowest BCUT2D eigenvalue weighted by molar-refractivity contribution is 0.172. The smallest absolute Gasteiger partial charge is 0.137 e. The van der Waals surface area contributed by atoms with Crippen molar-refractivity contribution in [3.8, 4) is 5.75 Å². The summed E-state index contributed by atoms with van der Waals surface area (Å²) in [7, 11) is 1.68. The van der Waals surface area contributed by atoms with Crippen molar-refractivity contribution in [1.82, 2.24) is 0 Å². The molecule has 72 valence electrons. The Balaban J connectivity index is 2.32. The van der Waals surface area contributed by atoms with Gasteiger partial charge in [-0.3, -0.25) is 0 Å². The first-order valence-electron chi connectivity index (χ1n) is 4.21. The molecule has 0 aliphatic heterocycles. The molecule has 0 bridgehead atoms. The molecule has 0 radical (unpaired) electrons. The van der Waals surface area contributed by atoms with E-state index < -0.39 is 0 Å². The monoisotopic (exact) mass is 200 g/mol. The summed E-state index contributed by atoms with van der Waals surface area (Å²) in [5.74, 6) is 0.736. The average molecular weight is 201 g/mol. The third kappa shape index (κ3) is 3.66. The molecule has 0 N–H and O–H groups in total. The number of hydrogen-bond donors (Lipinski definition) is 0. The highest BCUT2D eigenvalue weighted by molar-refractivity contribution is 6.32. The molecule has 0 saturated heterocycles. The van der Waals surface area contributed by atoms with Crippen molar-refractivity contribution >= 4 is 11.6 Å². The minimum Gasteiger partial charge on any atom is -0.492 e. The van der Waals surface area contributed by atoms with Crippen molar-refractivity contribution in [2.45, 2.75) is 6.42 Å². The summed E-state index contributed by atoms with van der Waals surface area (Å²) in [4.78, 5) is 0. The fraction of sp³-hybridized carbons (Fsp3) is 0.400. The highest BCUT2D eigenvalue weighted by Crippen LogP contribution is 2.22. The van der Waals surface area contributed by atoms with Crippen LogP contribution in [0, 0.1) is 0 Å². The van der Waals surface area contributed by atoms with E-state index >= 15 is 0 Å². The van der Waals surface area contributed by atoms with Crippen LogP contribution in [0.2, 0.25) is 5.02 Å². The van der Waals surface area contributed by atoms with Crippen molar-refractivity contribution in [3.63, 3.8) is 0 Å². The van der Waals surface area contributed by atoms with Crippen LogP contribution in [0.1, 0.15) is 6.42 Å². The van der Waals surface area contributed by atoms with E-state index in [9.17, 15) is 0 Å². The molecule has 0 aliphatic rings. The van der Waals surface area contributed by atoms with Gasteiger partial charge in [-0.15, -0.1) is 0 Å². The van der Waals surface area contributed by atoms with Crippen LogP contribution >= 0.6 is 11.6 Å². The second-order valence-corrected chi connectivity index (χ2v) is 3.03. The molecule has 0 aliphatic carbocycles. The zero-order chi connectivity index (χ0) is 9.52. The molecule has 2 nitrogen and oxygen atoms in total. The van der Waals surface area contributed by atoms with E-state index in [0.29, 0.717) is 18.2 Å². The second-order valence-electron chi connectivity index (χ2n) is 2.63. The van der Waals surface area contributed by atoms with Gasteiger partial charge in [0.15, 0.2) is 0 Å². The van der Waals surface area contributed by atoms with Gasteiger partial charge in [0, 0.05) is 20.1 Å². The number of methoxy groups -OCH3 is 1. The first-order chi connectivity index (χ1) is 6.34. The molecule has 0 amide bonds. The van der Waals surface area contributed by atoms with E-state index in [1.807, 2.05) is 24.3 Å². The highest BCUT2D eigenvalue weighted by Gasteiger charge is 1.98. The van der Waals surface area contributed by atoms with Crippen LogP contribution in [-0.4, -0.2) is 20.3 Å². The van der Waals surface area contributed by atoms with Crippen LogP contribution in [0.4, 0.5) is 0 Å². The Morgan fingerprint density at radius 1 is 1.23 bits per heavy atom. The van der Waals surface area contributed by atoms with Crippen LogP contribution in [-0.2, 0) is 4.74 Å². The zero-order valence-electron chi connectivity index (χ0n) is 7.63. The van der Waals surface area contributed by atoms with E-state index in [0.717, 1.165) is 12.2 Å². The molecular weight excluding hydrogens is 188 g/mol. The van der Waals surface area contributed by atoms with Gasteiger partial charge in [-0.25, -0.2) is 0 Å². The Labute approximate surface area is 83.4 Å². The van der Waals surface area contributed by atoms with E-state index in [1.54, 1.807) is 7.11 Å². The Morgan fingerprint density at radius 3 is 2.69 bits per heavy atom. The Kier molecular flexibility index (Phi) is 4.65. The van der Waals surface area contributed by atoms with E-state index in [-0.39, 0.29) is 0 Å². The minimum absolute atomic E-state index is 0.636. The van der Waals surface area contributed by atoms with Gasteiger partial charge in [0.1, 0.15) is 5.75 Å². The largest absolute Gasteiger partial charge is 0.492 e. The standard InChI is InChI=1S/C10H13ClO2/c1-12-7-4-8-13-10-6-3-2-5-9(10)11/h2-3,5-6H,4,7-8H2,1H3. The normalized spacial score (nSPS) is 10.0. The third-order valence-electron chi connectivity index (χ3n) is 1.59. The lowest BCUT2D eigenvalue weighted by Gasteiger charge is -2.06. The molecular formula is C10H13ClO2. The summed E-state index contributed by atoms with van der Waals surface area (Å²) >= 11 is 5.88. The summed E-state index contributed by atoms with van der Waals surface area (Å²) in [6.45, 7) is 1.35. The van der Waals surface area contributed by atoms with Crippen LogP contribution in [0.25, 0.3) is 0 Å². The topological polar surface area (TPSA) is 18.5 Å². The Bertz CT molecular complexity index is 250. The molecule has 0 saturated carbocycles. The first kappa shape index (κ1) is 10.4. The van der Waals surface area contributed by atoms with Gasteiger partial charge in [0.25, 0.3) is 0 Å². The molecule has 0 atom stereocenters. The number of ether oxygens (including phenoxy) is 2. The molecule has 13 heavy (non-hydrogen) atoms. The molecule has 1 aromatic carbocycles. The molecule has 0 aromatic heterocycles. The van der Waals surface area contributed by atoms with Gasteiger partial charge in [0.05, 0.1) is 11.6 Å². The first-order valence-corrected chi connectivity index (χ1v) is 4.58. The molecule has 0 spiro atoms. The van der Waals surface area contributed by atoms with Crippen molar-refractivity contribution in [3.05, 3.63) is 29.3 Å². The molecule has 1 rings (SSSR count). The molecule has 0 heterocycles. The summed E-state index contributed by atoms with van der Waals surface area (Å²) in [5, 5.41) is 0.653. The maximum atomic E-state index is 5.88. The SMILES string of the molecule is COCCCOc1ccccc1Cl. The number of benzene rings is 1. The Morgan fingerprint density at radius 2 is 2.00 bits per heavy atom. The van der Waals surface area contributed by atoms with Crippen LogP contribution in [0.5, 0.6) is 5.75 Å². The predicted octanol–water partition coefficient (Wildman–Crippen LogP) is 2.76. The minimum atomic E-state index is 0.636. The van der Waals surface area contributed by atoms with Gasteiger partial charge >= 0.3 is 0 Å². The number of para-hydroxylation sites is 1. The predicted molar refractivity (Wildman–Crippen MR) is 53.4 cm³/mol. The summed E-state index contributed by atoms with van der Waals surface area (Å²) in [5.41, 5.74) is 0. The lowest BCUT2D eigenvalue weighted by Crippen LogP contribution is -2.01. The van der Waals surface area contributed by atoms with Crippen LogP contribution < -0.4 is 4.74 Å².